The number of nitrogens with one attached hydrogen (secondary N) is 1. The highest BCUT2D eigenvalue weighted by molar-refractivity contribution is 5.98. The Kier molecular flexibility index (Phi) is 4.44. The molecule has 0 spiro atoms. The Labute approximate surface area is 150 Å². The van der Waals surface area contributed by atoms with Gasteiger partial charge < -0.3 is 4.98 Å². The molecule has 0 saturated heterocycles. The summed E-state index contributed by atoms with van der Waals surface area (Å²) in [7, 11) is 0. The summed E-state index contributed by atoms with van der Waals surface area (Å²) in [5, 5.41) is 1.23. The molecule has 4 rings (SSSR count). The molecule has 25 heavy (non-hydrogen) atoms. The summed E-state index contributed by atoms with van der Waals surface area (Å²) < 4.78 is 0. The zero-order valence-electron chi connectivity index (χ0n) is 15.2. The highest BCUT2D eigenvalue weighted by Gasteiger charge is 2.19. The minimum absolute atomic E-state index is 0.667. The molecule has 1 aromatic heterocycles. The molecule has 0 atom stereocenters. The molecule has 0 aliphatic heterocycles. The molecule has 1 saturated carbocycles. The fourth-order valence-corrected chi connectivity index (χ4v) is 4.24. The van der Waals surface area contributed by atoms with E-state index in [1.807, 2.05) is 12.4 Å². The monoisotopic (exact) mass is 330 g/mol. The lowest BCUT2D eigenvalue weighted by atomic mass is 9.82. The van der Waals surface area contributed by atoms with Crippen molar-refractivity contribution < 1.29 is 0 Å². The molecule has 2 aromatic carbocycles. The molecule has 0 radical (unpaired) electrons. The lowest BCUT2D eigenvalue weighted by molar-refractivity contribution is 0.444. The van der Waals surface area contributed by atoms with E-state index in [9.17, 15) is 0 Å². The van der Waals surface area contributed by atoms with Crippen molar-refractivity contribution in [3.05, 3.63) is 64.8 Å². The molecular formula is C23H26N2. The largest absolute Gasteiger partial charge is 0.361 e. The fraction of sp³-hybridized carbons (Fsp3) is 0.348. The number of aliphatic imine (C=N–C) groups is 1. The van der Waals surface area contributed by atoms with E-state index in [0.29, 0.717) is 5.92 Å². The third kappa shape index (κ3) is 3.26. The van der Waals surface area contributed by atoms with Gasteiger partial charge in [0.1, 0.15) is 0 Å². The SMILES string of the molecule is Cc1cc(C)c(N=Cc2cccc3cc[nH]c23)c(C2CCCCC2)c1. The average molecular weight is 330 g/mol. The molecule has 1 fully saturated rings. The number of fused-ring (bicyclic) bond motifs is 1. The van der Waals surface area contributed by atoms with Gasteiger partial charge in [-0.15, -0.1) is 0 Å². The van der Waals surface area contributed by atoms with Crippen molar-refractivity contribution >= 4 is 22.8 Å². The van der Waals surface area contributed by atoms with Crippen LogP contribution in [0.3, 0.4) is 0 Å². The first kappa shape index (κ1) is 16.1. The van der Waals surface area contributed by atoms with E-state index < -0.39 is 0 Å². The normalized spacial score (nSPS) is 16.1. The molecule has 2 heteroatoms. The van der Waals surface area contributed by atoms with Crippen molar-refractivity contribution in [3.8, 4) is 0 Å². The minimum Gasteiger partial charge on any atom is -0.361 e. The number of aryl methyl sites for hydroxylation is 2. The number of hydrogen-bond acceptors (Lipinski definition) is 1. The number of hydrogen-bond donors (Lipinski definition) is 1. The van der Waals surface area contributed by atoms with Crippen molar-refractivity contribution in [2.24, 2.45) is 4.99 Å². The molecule has 1 aliphatic carbocycles. The Morgan fingerprint density at radius 1 is 1.04 bits per heavy atom. The Morgan fingerprint density at radius 2 is 1.88 bits per heavy atom. The zero-order valence-corrected chi connectivity index (χ0v) is 15.2. The Morgan fingerprint density at radius 3 is 2.72 bits per heavy atom. The second-order valence-electron chi connectivity index (χ2n) is 7.40. The lowest BCUT2D eigenvalue weighted by Crippen LogP contribution is -2.06. The summed E-state index contributed by atoms with van der Waals surface area (Å²) in [6, 6.07) is 13.1. The highest BCUT2D eigenvalue weighted by atomic mass is 14.7. The van der Waals surface area contributed by atoms with Gasteiger partial charge in [0.15, 0.2) is 0 Å². The van der Waals surface area contributed by atoms with Gasteiger partial charge in [-0.2, -0.15) is 0 Å². The van der Waals surface area contributed by atoms with Crippen LogP contribution in [0, 0.1) is 13.8 Å². The average Bonchev–Trinajstić information content (AvgIpc) is 3.10. The van der Waals surface area contributed by atoms with Crippen LogP contribution in [0.5, 0.6) is 0 Å². The number of rotatable bonds is 3. The maximum Gasteiger partial charge on any atom is 0.0694 e. The molecular weight excluding hydrogens is 304 g/mol. The summed E-state index contributed by atoms with van der Waals surface area (Å²) in [4.78, 5) is 8.31. The first-order valence-electron chi connectivity index (χ1n) is 9.44. The van der Waals surface area contributed by atoms with Gasteiger partial charge in [0, 0.05) is 23.4 Å². The van der Waals surface area contributed by atoms with Crippen LogP contribution in [0.15, 0.2) is 47.6 Å². The van der Waals surface area contributed by atoms with Crippen LogP contribution in [-0.2, 0) is 0 Å². The number of H-pyrrole nitrogens is 1. The second-order valence-corrected chi connectivity index (χ2v) is 7.40. The molecule has 0 bridgehead atoms. The zero-order chi connectivity index (χ0) is 17.2. The Bertz CT molecular complexity index is 911. The summed E-state index contributed by atoms with van der Waals surface area (Å²) in [5.41, 5.74) is 7.58. The van der Waals surface area contributed by atoms with Crippen molar-refractivity contribution in [2.45, 2.75) is 51.9 Å². The molecule has 0 amide bonds. The topological polar surface area (TPSA) is 28.1 Å². The van der Waals surface area contributed by atoms with Crippen molar-refractivity contribution in [1.29, 1.82) is 0 Å². The third-order valence-corrected chi connectivity index (χ3v) is 5.47. The van der Waals surface area contributed by atoms with Crippen LogP contribution in [0.2, 0.25) is 0 Å². The predicted molar refractivity (Wildman–Crippen MR) is 107 cm³/mol. The number of benzene rings is 2. The molecule has 128 valence electrons. The smallest absolute Gasteiger partial charge is 0.0694 e. The number of aromatic nitrogens is 1. The van der Waals surface area contributed by atoms with E-state index in [2.05, 4.69) is 55.2 Å². The summed E-state index contributed by atoms with van der Waals surface area (Å²) in [5.74, 6) is 0.667. The van der Waals surface area contributed by atoms with Gasteiger partial charge >= 0.3 is 0 Å². The summed E-state index contributed by atoms with van der Waals surface area (Å²) in [6.45, 7) is 4.40. The van der Waals surface area contributed by atoms with Crippen molar-refractivity contribution in [3.63, 3.8) is 0 Å². The van der Waals surface area contributed by atoms with Crippen LogP contribution < -0.4 is 0 Å². The molecule has 1 aliphatic rings. The summed E-state index contributed by atoms with van der Waals surface area (Å²) in [6.07, 6.45) is 10.7. The first-order chi connectivity index (χ1) is 12.2. The van der Waals surface area contributed by atoms with E-state index in [1.165, 1.54) is 59.9 Å². The van der Waals surface area contributed by atoms with Gasteiger partial charge in [-0.1, -0.05) is 55.2 Å². The van der Waals surface area contributed by atoms with Crippen LogP contribution in [0.25, 0.3) is 10.9 Å². The van der Waals surface area contributed by atoms with E-state index in [1.54, 1.807) is 0 Å². The molecule has 2 nitrogen and oxygen atoms in total. The molecule has 3 aromatic rings. The van der Waals surface area contributed by atoms with Gasteiger partial charge in [-0.05, 0) is 49.8 Å². The van der Waals surface area contributed by atoms with Crippen molar-refractivity contribution in [1.82, 2.24) is 4.98 Å². The van der Waals surface area contributed by atoms with Crippen LogP contribution in [0.1, 0.15) is 60.3 Å². The number of aromatic amines is 1. The van der Waals surface area contributed by atoms with E-state index >= 15 is 0 Å². The standard InChI is InChI=1S/C23H26N2/c1-16-13-17(2)22(21(14-16)18-7-4-3-5-8-18)25-15-20-10-6-9-19-11-12-24-23(19)20/h6,9-15,18,24H,3-5,7-8H2,1-2H3. The number of para-hydroxylation sites is 1. The first-order valence-corrected chi connectivity index (χ1v) is 9.44. The van der Waals surface area contributed by atoms with E-state index in [0.717, 1.165) is 11.1 Å². The van der Waals surface area contributed by atoms with Gasteiger partial charge in [0.25, 0.3) is 0 Å². The van der Waals surface area contributed by atoms with Gasteiger partial charge in [-0.3, -0.25) is 4.99 Å². The maximum absolute atomic E-state index is 4.98. The minimum atomic E-state index is 0.667. The molecule has 1 heterocycles. The third-order valence-electron chi connectivity index (χ3n) is 5.47. The number of nitrogens with zero attached hydrogens (tertiary/aromatic N) is 1. The van der Waals surface area contributed by atoms with Gasteiger partial charge in [0.05, 0.1) is 11.2 Å². The fourth-order valence-electron chi connectivity index (χ4n) is 4.24. The lowest BCUT2D eigenvalue weighted by Gasteiger charge is -2.24. The van der Waals surface area contributed by atoms with E-state index in [4.69, 9.17) is 4.99 Å². The highest BCUT2D eigenvalue weighted by Crippen LogP contribution is 2.39. The van der Waals surface area contributed by atoms with E-state index in [-0.39, 0.29) is 0 Å². The molecule has 1 N–H and O–H groups in total. The van der Waals surface area contributed by atoms with Crippen molar-refractivity contribution in [2.75, 3.05) is 0 Å². The van der Waals surface area contributed by atoms with Crippen LogP contribution >= 0.6 is 0 Å². The molecule has 0 unspecified atom stereocenters. The van der Waals surface area contributed by atoms with Gasteiger partial charge in [0.2, 0.25) is 0 Å². The predicted octanol–water partition coefficient (Wildman–Crippen LogP) is 6.58. The Balaban J connectivity index is 1.75. The summed E-state index contributed by atoms with van der Waals surface area (Å²) >= 11 is 0. The Hall–Kier alpha value is -2.35. The van der Waals surface area contributed by atoms with Gasteiger partial charge in [-0.25, -0.2) is 0 Å². The van der Waals surface area contributed by atoms with Crippen LogP contribution in [0.4, 0.5) is 5.69 Å². The second kappa shape index (κ2) is 6.87. The maximum atomic E-state index is 4.98. The quantitative estimate of drug-likeness (QED) is 0.525. The van der Waals surface area contributed by atoms with Crippen LogP contribution in [-0.4, -0.2) is 11.2 Å².